The highest BCUT2D eigenvalue weighted by atomic mass is 19.4. The first kappa shape index (κ1) is 14.3. The van der Waals surface area contributed by atoms with E-state index < -0.39 is 11.7 Å². The molecule has 3 nitrogen and oxygen atoms in total. The predicted octanol–water partition coefficient (Wildman–Crippen LogP) is 3.67. The van der Waals surface area contributed by atoms with Crippen LogP contribution >= 0.6 is 0 Å². The van der Waals surface area contributed by atoms with Crippen LogP contribution in [0.2, 0.25) is 0 Å². The van der Waals surface area contributed by atoms with Crippen molar-refractivity contribution in [1.29, 1.82) is 0 Å². The molecule has 0 saturated heterocycles. The van der Waals surface area contributed by atoms with E-state index >= 15 is 0 Å². The fraction of sp³-hybridized carbons (Fsp3) is 0.286. The van der Waals surface area contributed by atoms with Crippen molar-refractivity contribution in [1.82, 2.24) is 10.2 Å². The molecule has 0 fully saturated rings. The van der Waals surface area contributed by atoms with Crippen LogP contribution in [0.3, 0.4) is 0 Å². The number of aromatic nitrogens is 2. The second kappa shape index (κ2) is 4.77. The second-order valence-corrected chi connectivity index (χ2v) is 4.71. The van der Waals surface area contributed by atoms with E-state index in [4.69, 9.17) is 5.73 Å². The van der Waals surface area contributed by atoms with Crippen molar-refractivity contribution in [3.05, 3.63) is 40.5 Å². The van der Waals surface area contributed by atoms with Gasteiger partial charge in [-0.25, -0.2) is 0 Å². The lowest BCUT2D eigenvalue weighted by Crippen LogP contribution is -2.06. The van der Waals surface area contributed by atoms with Gasteiger partial charge in [-0.1, -0.05) is 6.07 Å². The molecular formula is C14H14F3N3. The van der Waals surface area contributed by atoms with Gasteiger partial charge in [0, 0.05) is 5.56 Å². The number of benzene rings is 1. The minimum atomic E-state index is -4.35. The van der Waals surface area contributed by atoms with Crippen LogP contribution in [0, 0.1) is 20.8 Å². The highest BCUT2D eigenvalue weighted by Gasteiger charge is 2.30. The summed E-state index contributed by atoms with van der Waals surface area (Å²) in [5.41, 5.74) is 8.29. The van der Waals surface area contributed by atoms with Crippen LogP contribution in [0.4, 0.5) is 19.0 Å². The van der Waals surface area contributed by atoms with Gasteiger partial charge in [-0.3, -0.25) is 0 Å². The third kappa shape index (κ3) is 2.45. The molecule has 20 heavy (non-hydrogen) atoms. The van der Waals surface area contributed by atoms with Gasteiger partial charge in [0.05, 0.1) is 11.3 Å². The summed E-state index contributed by atoms with van der Waals surface area (Å²) >= 11 is 0. The van der Waals surface area contributed by atoms with E-state index in [2.05, 4.69) is 10.2 Å². The first-order valence-corrected chi connectivity index (χ1v) is 5.99. The number of hydrogen-bond acceptors (Lipinski definition) is 3. The molecule has 0 aliphatic rings. The molecule has 0 aliphatic carbocycles. The van der Waals surface area contributed by atoms with E-state index in [-0.39, 0.29) is 0 Å². The third-order valence-electron chi connectivity index (χ3n) is 3.37. The quantitative estimate of drug-likeness (QED) is 0.867. The smallest absolute Gasteiger partial charge is 0.382 e. The summed E-state index contributed by atoms with van der Waals surface area (Å²) in [4.78, 5) is 0. The third-order valence-corrected chi connectivity index (χ3v) is 3.37. The van der Waals surface area contributed by atoms with Gasteiger partial charge in [0.15, 0.2) is 0 Å². The maximum Gasteiger partial charge on any atom is 0.416 e. The van der Waals surface area contributed by atoms with Crippen LogP contribution in [0.1, 0.15) is 22.3 Å². The summed E-state index contributed by atoms with van der Waals surface area (Å²) in [5, 5.41) is 7.84. The van der Waals surface area contributed by atoms with Gasteiger partial charge in [-0.05, 0) is 49.6 Å². The number of aryl methyl sites for hydroxylation is 1. The van der Waals surface area contributed by atoms with E-state index in [9.17, 15) is 13.2 Å². The van der Waals surface area contributed by atoms with E-state index in [1.165, 1.54) is 6.07 Å². The number of nitrogens with two attached hydrogens (primary N) is 1. The normalized spacial score (nSPS) is 11.7. The van der Waals surface area contributed by atoms with Gasteiger partial charge in [0.25, 0.3) is 0 Å². The van der Waals surface area contributed by atoms with Crippen molar-refractivity contribution in [2.45, 2.75) is 26.9 Å². The van der Waals surface area contributed by atoms with Gasteiger partial charge in [0.2, 0.25) is 0 Å². The Morgan fingerprint density at radius 3 is 2.20 bits per heavy atom. The number of nitrogens with zero attached hydrogens (tertiary/aromatic N) is 2. The summed E-state index contributed by atoms with van der Waals surface area (Å²) in [7, 11) is 0. The van der Waals surface area contributed by atoms with Gasteiger partial charge < -0.3 is 5.73 Å². The van der Waals surface area contributed by atoms with Crippen molar-refractivity contribution in [3.8, 4) is 11.3 Å². The predicted molar refractivity (Wildman–Crippen MR) is 71.1 cm³/mol. The molecule has 1 aromatic heterocycles. The maximum atomic E-state index is 12.7. The van der Waals surface area contributed by atoms with Gasteiger partial charge in [0.1, 0.15) is 5.82 Å². The molecule has 2 rings (SSSR count). The van der Waals surface area contributed by atoms with Crippen LogP contribution in [-0.4, -0.2) is 10.2 Å². The molecule has 0 atom stereocenters. The second-order valence-electron chi connectivity index (χ2n) is 4.71. The number of nitrogen functional groups attached to an aromatic ring is 1. The monoisotopic (exact) mass is 281 g/mol. The first-order valence-electron chi connectivity index (χ1n) is 5.99. The number of rotatable bonds is 1. The molecule has 2 aromatic rings. The topological polar surface area (TPSA) is 51.8 Å². The Labute approximate surface area is 114 Å². The Hall–Kier alpha value is -2.11. The van der Waals surface area contributed by atoms with Gasteiger partial charge in [-0.15, -0.1) is 10.2 Å². The fourth-order valence-corrected chi connectivity index (χ4v) is 1.99. The zero-order valence-electron chi connectivity index (χ0n) is 11.3. The molecule has 0 radical (unpaired) electrons. The lowest BCUT2D eigenvalue weighted by molar-refractivity contribution is -0.137. The number of halogens is 3. The van der Waals surface area contributed by atoms with Gasteiger partial charge >= 0.3 is 6.18 Å². The average molecular weight is 281 g/mol. The van der Waals surface area contributed by atoms with E-state index in [0.717, 1.165) is 23.3 Å². The Morgan fingerprint density at radius 1 is 1.00 bits per heavy atom. The molecule has 2 N–H and O–H groups in total. The fourth-order valence-electron chi connectivity index (χ4n) is 1.99. The molecule has 106 valence electrons. The Balaban J connectivity index is 2.58. The van der Waals surface area contributed by atoms with E-state index in [1.54, 1.807) is 6.92 Å². The Morgan fingerprint density at radius 2 is 1.65 bits per heavy atom. The molecule has 1 aromatic carbocycles. The minimum absolute atomic E-state index is 0.329. The highest BCUT2D eigenvalue weighted by Crippen LogP contribution is 2.34. The van der Waals surface area contributed by atoms with Crippen molar-refractivity contribution in [2.24, 2.45) is 0 Å². The van der Waals surface area contributed by atoms with Crippen LogP contribution in [0.15, 0.2) is 18.2 Å². The maximum absolute atomic E-state index is 12.7. The van der Waals surface area contributed by atoms with E-state index in [0.29, 0.717) is 22.6 Å². The zero-order chi connectivity index (χ0) is 15.1. The average Bonchev–Trinajstić information content (AvgIpc) is 2.36. The standard InChI is InChI=1S/C14H14F3N3/c1-7-6-10(14(15,16)17)4-5-11(7)12-8(2)9(3)13(18)20-19-12/h4-6H,1-3H3,(H2,18,20). The lowest BCUT2D eigenvalue weighted by Gasteiger charge is -2.13. The van der Waals surface area contributed by atoms with Crippen LogP contribution in [-0.2, 0) is 6.18 Å². The van der Waals surface area contributed by atoms with Gasteiger partial charge in [-0.2, -0.15) is 13.2 Å². The summed E-state index contributed by atoms with van der Waals surface area (Å²) in [6.07, 6.45) is -4.35. The first-order chi connectivity index (χ1) is 9.21. The van der Waals surface area contributed by atoms with Crippen LogP contribution in [0.25, 0.3) is 11.3 Å². The molecule has 0 bridgehead atoms. The Bertz CT molecular complexity index is 663. The number of anilines is 1. The number of alkyl halides is 3. The molecule has 6 heteroatoms. The van der Waals surface area contributed by atoms with Crippen LogP contribution < -0.4 is 5.73 Å². The van der Waals surface area contributed by atoms with Crippen molar-refractivity contribution in [3.63, 3.8) is 0 Å². The van der Waals surface area contributed by atoms with Crippen LogP contribution in [0.5, 0.6) is 0 Å². The Kier molecular flexibility index (Phi) is 3.41. The molecular weight excluding hydrogens is 267 g/mol. The summed E-state index contributed by atoms with van der Waals surface area (Å²) in [6.45, 7) is 5.26. The molecule has 0 aliphatic heterocycles. The van der Waals surface area contributed by atoms with E-state index in [1.807, 2.05) is 13.8 Å². The summed E-state index contributed by atoms with van der Waals surface area (Å²) < 4.78 is 38.0. The van der Waals surface area contributed by atoms with Crippen molar-refractivity contribution < 1.29 is 13.2 Å². The molecule has 0 spiro atoms. The molecule has 1 heterocycles. The molecule has 0 amide bonds. The minimum Gasteiger partial charge on any atom is -0.382 e. The summed E-state index contributed by atoms with van der Waals surface area (Å²) in [6, 6.07) is 3.59. The summed E-state index contributed by atoms with van der Waals surface area (Å²) in [5.74, 6) is 0.329. The molecule has 0 unspecified atom stereocenters. The SMILES string of the molecule is Cc1cc(C(F)(F)F)ccc1-c1nnc(N)c(C)c1C. The van der Waals surface area contributed by atoms with Crippen molar-refractivity contribution >= 4 is 5.82 Å². The largest absolute Gasteiger partial charge is 0.416 e. The zero-order valence-corrected chi connectivity index (χ0v) is 11.3. The lowest BCUT2D eigenvalue weighted by atomic mass is 9.98. The van der Waals surface area contributed by atoms with Crippen molar-refractivity contribution in [2.75, 3.05) is 5.73 Å². The molecule has 0 saturated carbocycles. The highest BCUT2D eigenvalue weighted by molar-refractivity contribution is 5.69. The number of hydrogen-bond donors (Lipinski definition) is 1.